The summed E-state index contributed by atoms with van der Waals surface area (Å²) in [7, 11) is 0. The van der Waals surface area contributed by atoms with Gasteiger partial charge < -0.3 is 14.2 Å². The first kappa shape index (κ1) is 28.6. The lowest BCUT2D eigenvalue weighted by molar-refractivity contribution is 0.669. The molecule has 10 aromatic rings. The van der Waals surface area contributed by atoms with Gasteiger partial charge in [-0.25, -0.2) is 0 Å². The third-order valence-corrected chi connectivity index (χ3v) is 10.8. The van der Waals surface area contributed by atoms with Gasteiger partial charge in [0, 0.05) is 70.8 Å². The van der Waals surface area contributed by atoms with Crippen LogP contribution < -0.4 is 9.80 Å². The molecule has 0 aliphatic heterocycles. The van der Waals surface area contributed by atoms with E-state index in [1.54, 1.807) is 0 Å². The number of furan rings is 1. The summed E-state index contributed by atoms with van der Waals surface area (Å²) in [4.78, 5) is 4.68. The fourth-order valence-corrected chi connectivity index (χ4v) is 8.48. The zero-order valence-corrected chi connectivity index (χ0v) is 27.8. The van der Waals surface area contributed by atoms with Gasteiger partial charge in [0.25, 0.3) is 0 Å². The molecule has 0 atom stereocenters. The number of nitrogens with zero attached hydrogens (tertiary/aromatic N) is 2. The molecular formula is C46H30N2OS. The van der Waals surface area contributed by atoms with Crippen LogP contribution in [0.15, 0.2) is 186 Å². The average Bonchev–Trinajstić information content (AvgIpc) is 3.74. The van der Waals surface area contributed by atoms with E-state index in [1.807, 2.05) is 11.3 Å². The summed E-state index contributed by atoms with van der Waals surface area (Å²) in [6.45, 7) is 0. The van der Waals surface area contributed by atoms with E-state index in [9.17, 15) is 0 Å². The summed E-state index contributed by atoms with van der Waals surface area (Å²) < 4.78 is 9.32. The highest BCUT2D eigenvalue weighted by atomic mass is 32.1. The molecule has 2 heterocycles. The lowest BCUT2D eigenvalue weighted by Crippen LogP contribution is -2.10. The average molecular weight is 659 g/mol. The fourth-order valence-electron chi connectivity index (χ4n) is 7.39. The monoisotopic (exact) mass is 658 g/mol. The molecule has 50 heavy (non-hydrogen) atoms. The predicted octanol–water partition coefficient (Wildman–Crippen LogP) is 14.0. The van der Waals surface area contributed by atoms with Crippen LogP contribution in [0.25, 0.3) is 52.9 Å². The summed E-state index contributed by atoms with van der Waals surface area (Å²) in [6.07, 6.45) is 0. The second-order valence-corrected chi connectivity index (χ2v) is 13.6. The molecule has 4 heteroatoms. The minimum absolute atomic E-state index is 0.861. The Bertz CT molecular complexity index is 2780. The molecule has 0 fully saturated rings. The number of fused-ring (bicyclic) bond motifs is 8. The summed E-state index contributed by atoms with van der Waals surface area (Å²) in [5.74, 6) is 0. The lowest BCUT2D eigenvalue weighted by Gasteiger charge is -2.27. The number of rotatable bonds is 6. The van der Waals surface area contributed by atoms with Gasteiger partial charge in [-0.05, 0) is 84.2 Å². The van der Waals surface area contributed by atoms with Crippen molar-refractivity contribution in [3.63, 3.8) is 0 Å². The fraction of sp³-hybridized carbons (Fsp3) is 0. The highest BCUT2D eigenvalue weighted by molar-refractivity contribution is 7.25. The molecule has 0 N–H and O–H groups in total. The van der Waals surface area contributed by atoms with E-state index in [4.69, 9.17) is 4.42 Å². The maximum Gasteiger partial charge on any atom is 0.138 e. The Balaban J connectivity index is 1.20. The Morgan fingerprint density at radius 1 is 0.340 bits per heavy atom. The highest BCUT2D eigenvalue weighted by Gasteiger charge is 2.22. The molecule has 0 aliphatic rings. The number of anilines is 6. The van der Waals surface area contributed by atoms with Gasteiger partial charge >= 0.3 is 0 Å². The van der Waals surface area contributed by atoms with Gasteiger partial charge in [-0.1, -0.05) is 97.1 Å². The molecule has 0 spiro atoms. The van der Waals surface area contributed by atoms with Crippen LogP contribution in [0.2, 0.25) is 0 Å². The van der Waals surface area contributed by atoms with Crippen LogP contribution in [0.3, 0.4) is 0 Å². The second kappa shape index (κ2) is 11.7. The third-order valence-electron chi connectivity index (χ3n) is 9.60. The minimum Gasteiger partial charge on any atom is -0.456 e. The molecule has 0 bridgehead atoms. The largest absolute Gasteiger partial charge is 0.456 e. The van der Waals surface area contributed by atoms with Crippen molar-refractivity contribution in [1.29, 1.82) is 0 Å². The molecule has 3 nitrogen and oxygen atoms in total. The van der Waals surface area contributed by atoms with Crippen molar-refractivity contribution in [2.45, 2.75) is 0 Å². The van der Waals surface area contributed by atoms with Crippen LogP contribution in [0.5, 0.6) is 0 Å². The Kier molecular flexibility index (Phi) is 6.68. The normalized spacial score (nSPS) is 11.6. The van der Waals surface area contributed by atoms with Gasteiger partial charge in [0.2, 0.25) is 0 Å². The van der Waals surface area contributed by atoms with Crippen LogP contribution in [0.4, 0.5) is 34.1 Å². The summed E-state index contributed by atoms with van der Waals surface area (Å²) in [6, 6.07) is 64.8. The van der Waals surface area contributed by atoms with Crippen molar-refractivity contribution < 1.29 is 4.42 Å². The lowest BCUT2D eigenvalue weighted by atomic mass is 10.0. The van der Waals surface area contributed by atoms with Gasteiger partial charge in [-0.15, -0.1) is 11.3 Å². The molecular weight excluding hydrogens is 629 g/mol. The Hall–Kier alpha value is -6.36. The third kappa shape index (κ3) is 4.65. The molecule has 0 amide bonds. The summed E-state index contributed by atoms with van der Waals surface area (Å²) in [5, 5.41) is 7.10. The zero-order valence-electron chi connectivity index (χ0n) is 27.0. The quantitative estimate of drug-likeness (QED) is 0.177. The number of thiophene rings is 1. The second-order valence-electron chi connectivity index (χ2n) is 12.6. The Labute approximate surface area is 293 Å². The number of hydrogen-bond donors (Lipinski definition) is 0. The van der Waals surface area contributed by atoms with E-state index < -0.39 is 0 Å². The predicted molar refractivity (Wildman–Crippen MR) is 213 cm³/mol. The zero-order chi connectivity index (χ0) is 33.0. The summed E-state index contributed by atoms with van der Waals surface area (Å²) >= 11 is 1.84. The molecule has 0 saturated heterocycles. The topological polar surface area (TPSA) is 19.6 Å². The molecule has 0 radical (unpaired) electrons. The molecule has 10 rings (SSSR count). The maximum absolute atomic E-state index is 6.72. The first-order valence-corrected chi connectivity index (χ1v) is 17.7. The molecule has 236 valence electrons. The van der Waals surface area contributed by atoms with Crippen molar-refractivity contribution in [2.24, 2.45) is 0 Å². The SMILES string of the molecule is c1ccc(N(c2ccc3sc4ccccc4c3c2)c2ccc3oc4cc(N(c5ccccc5)c5ccccc5)c5ccccc5c4c3c2)cc1. The van der Waals surface area contributed by atoms with Gasteiger partial charge in [0.05, 0.1) is 5.69 Å². The standard InChI is InChI=1S/C46H30N2OS/c1-4-14-31(15-5-1)47(35-25-27-45-39(28-35)37-21-12-13-23-44(37)50-45)34-24-26-42-40(29-34)46-38-22-11-10-20-36(38)41(30-43(46)49-42)48(32-16-6-2-7-17-32)33-18-8-3-9-19-33/h1-30H. The van der Waals surface area contributed by atoms with Crippen molar-refractivity contribution in [1.82, 2.24) is 0 Å². The van der Waals surface area contributed by atoms with Gasteiger partial charge in [-0.3, -0.25) is 0 Å². The van der Waals surface area contributed by atoms with Crippen molar-refractivity contribution in [3.8, 4) is 0 Å². The van der Waals surface area contributed by atoms with E-state index >= 15 is 0 Å². The van der Waals surface area contributed by atoms with E-state index in [0.29, 0.717) is 0 Å². The van der Waals surface area contributed by atoms with Crippen LogP contribution in [0, 0.1) is 0 Å². The Morgan fingerprint density at radius 3 is 1.54 bits per heavy atom. The van der Waals surface area contributed by atoms with Gasteiger partial charge in [0.15, 0.2) is 0 Å². The first-order chi connectivity index (χ1) is 24.8. The molecule has 0 unspecified atom stereocenters. The highest BCUT2D eigenvalue weighted by Crippen LogP contribution is 2.46. The van der Waals surface area contributed by atoms with Crippen LogP contribution >= 0.6 is 11.3 Å². The molecule has 8 aromatic carbocycles. The maximum atomic E-state index is 6.72. The number of benzene rings is 8. The van der Waals surface area contributed by atoms with E-state index in [1.165, 1.54) is 20.2 Å². The number of para-hydroxylation sites is 3. The van der Waals surface area contributed by atoms with Gasteiger partial charge in [0.1, 0.15) is 11.2 Å². The van der Waals surface area contributed by atoms with Crippen LogP contribution in [-0.2, 0) is 0 Å². The van der Waals surface area contributed by atoms with Crippen LogP contribution in [-0.4, -0.2) is 0 Å². The van der Waals surface area contributed by atoms with Gasteiger partial charge in [-0.2, -0.15) is 0 Å². The molecule has 2 aromatic heterocycles. The molecule has 0 aliphatic carbocycles. The minimum atomic E-state index is 0.861. The van der Waals surface area contributed by atoms with Crippen molar-refractivity contribution in [3.05, 3.63) is 182 Å². The molecule has 0 saturated carbocycles. The smallest absolute Gasteiger partial charge is 0.138 e. The van der Waals surface area contributed by atoms with Crippen molar-refractivity contribution in [2.75, 3.05) is 9.80 Å². The number of hydrogen-bond acceptors (Lipinski definition) is 4. The summed E-state index contributed by atoms with van der Waals surface area (Å²) in [5.41, 5.74) is 8.29. The van der Waals surface area contributed by atoms with E-state index in [0.717, 1.165) is 66.8 Å². The Morgan fingerprint density at radius 2 is 0.860 bits per heavy atom. The van der Waals surface area contributed by atoms with Crippen molar-refractivity contribution >= 4 is 98.3 Å². The first-order valence-electron chi connectivity index (χ1n) is 16.8. The van der Waals surface area contributed by atoms with Crippen LogP contribution in [0.1, 0.15) is 0 Å². The van der Waals surface area contributed by atoms with E-state index in [2.05, 4.69) is 192 Å². The van der Waals surface area contributed by atoms with E-state index in [-0.39, 0.29) is 0 Å².